The smallest absolute Gasteiger partial charge is 0.268 e. The number of methoxy groups -OCH3 is 2. The molecule has 9 heteroatoms. The van der Waals surface area contributed by atoms with Crippen LogP contribution in [0.5, 0.6) is 0 Å². The zero-order valence-electron chi connectivity index (χ0n) is 12.3. The lowest BCUT2D eigenvalue weighted by Crippen LogP contribution is -2.36. The van der Waals surface area contributed by atoms with Gasteiger partial charge in [0.05, 0.1) is 19.8 Å². The van der Waals surface area contributed by atoms with Gasteiger partial charge in [0, 0.05) is 33.9 Å². The fourth-order valence-electron chi connectivity index (χ4n) is 1.60. The molecule has 1 aromatic rings. The Morgan fingerprint density at radius 1 is 1.38 bits per heavy atom. The minimum absolute atomic E-state index is 0.118. The Kier molecular flexibility index (Phi) is 7.98. The molecule has 0 fully saturated rings. The zero-order chi connectivity index (χ0) is 15.7. The van der Waals surface area contributed by atoms with Crippen LogP contribution in [-0.2, 0) is 9.47 Å². The first-order chi connectivity index (χ1) is 10.1. The molecule has 0 aliphatic rings. The minimum Gasteiger partial charge on any atom is -0.395 e. The predicted molar refractivity (Wildman–Crippen MR) is 81.8 cm³/mol. The third kappa shape index (κ3) is 5.46. The van der Waals surface area contributed by atoms with E-state index >= 15 is 0 Å². The number of thiazole rings is 1. The van der Waals surface area contributed by atoms with Crippen molar-refractivity contribution in [2.24, 2.45) is 0 Å². The van der Waals surface area contributed by atoms with Gasteiger partial charge in [-0.25, -0.2) is 4.98 Å². The number of nitrogens with one attached hydrogen (secondary N) is 1. The van der Waals surface area contributed by atoms with E-state index in [9.17, 15) is 4.79 Å². The van der Waals surface area contributed by atoms with Crippen LogP contribution in [0, 0.1) is 0 Å². The second-order valence-electron chi connectivity index (χ2n) is 4.16. The topological polar surface area (TPSA) is 110 Å². The molecule has 4 N–H and O–H groups in total. The SMILES string of the molecule is COCCNc1nc(N)c(C(=O)N(CCO)CCOC)s1. The summed E-state index contributed by atoms with van der Waals surface area (Å²) in [7, 11) is 3.16. The number of rotatable bonds is 10. The fourth-order valence-corrected chi connectivity index (χ4v) is 2.48. The quantitative estimate of drug-likeness (QED) is 0.515. The maximum atomic E-state index is 12.4. The van der Waals surface area contributed by atoms with Gasteiger partial charge in [0.2, 0.25) is 0 Å². The van der Waals surface area contributed by atoms with Gasteiger partial charge >= 0.3 is 0 Å². The van der Waals surface area contributed by atoms with Crippen LogP contribution in [-0.4, -0.2) is 74.6 Å². The van der Waals surface area contributed by atoms with Crippen molar-refractivity contribution >= 4 is 28.2 Å². The number of carbonyl (C=O) groups is 1. The molecule has 21 heavy (non-hydrogen) atoms. The predicted octanol–water partition coefficient (Wildman–Crippen LogP) is -0.135. The molecule has 120 valence electrons. The Morgan fingerprint density at radius 3 is 2.71 bits per heavy atom. The van der Waals surface area contributed by atoms with E-state index in [0.29, 0.717) is 36.3 Å². The maximum absolute atomic E-state index is 12.4. The molecule has 0 unspecified atom stereocenters. The van der Waals surface area contributed by atoms with Crippen LogP contribution in [0.3, 0.4) is 0 Å². The molecule has 8 nitrogen and oxygen atoms in total. The summed E-state index contributed by atoms with van der Waals surface area (Å²) >= 11 is 1.19. The van der Waals surface area contributed by atoms with Crippen LogP contribution < -0.4 is 11.1 Å². The Balaban J connectivity index is 2.74. The van der Waals surface area contributed by atoms with Crippen molar-refractivity contribution in [1.82, 2.24) is 9.88 Å². The summed E-state index contributed by atoms with van der Waals surface area (Å²) in [5, 5.41) is 12.7. The molecule has 0 aromatic carbocycles. The van der Waals surface area contributed by atoms with Crippen molar-refractivity contribution in [1.29, 1.82) is 0 Å². The van der Waals surface area contributed by atoms with Crippen LogP contribution >= 0.6 is 11.3 Å². The van der Waals surface area contributed by atoms with Gasteiger partial charge in [-0.15, -0.1) is 0 Å². The van der Waals surface area contributed by atoms with Gasteiger partial charge in [0.1, 0.15) is 10.7 Å². The van der Waals surface area contributed by atoms with Crippen LogP contribution in [0.25, 0.3) is 0 Å². The zero-order valence-corrected chi connectivity index (χ0v) is 13.1. The van der Waals surface area contributed by atoms with Gasteiger partial charge in [0.25, 0.3) is 5.91 Å². The van der Waals surface area contributed by atoms with E-state index in [-0.39, 0.29) is 24.9 Å². The Bertz CT molecular complexity index is 441. The lowest BCUT2D eigenvalue weighted by molar-refractivity contribution is 0.0662. The number of carbonyl (C=O) groups excluding carboxylic acids is 1. The molecule has 1 amide bonds. The van der Waals surface area contributed by atoms with Gasteiger partial charge < -0.3 is 30.5 Å². The van der Waals surface area contributed by atoms with Crippen molar-refractivity contribution in [2.45, 2.75) is 0 Å². The van der Waals surface area contributed by atoms with Crippen molar-refractivity contribution < 1.29 is 19.4 Å². The van der Waals surface area contributed by atoms with Crippen molar-refractivity contribution in [3.8, 4) is 0 Å². The number of aromatic nitrogens is 1. The summed E-state index contributed by atoms with van der Waals surface area (Å²) in [6.07, 6.45) is 0. The molecule has 0 radical (unpaired) electrons. The van der Waals surface area contributed by atoms with E-state index in [1.807, 2.05) is 0 Å². The maximum Gasteiger partial charge on any atom is 0.268 e. The molecule has 1 rings (SSSR count). The third-order valence-corrected chi connectivity index (χ3v) is 3.67. The van der Waals surface area contributed by atoms with Crippen molar-refractivity contribution in [2.75, 3.05) is 64.7 Å². The number of hydrogen-bond donors (Lipinski definition) is 3. The van der Waals surface area contributed by atoms with E-state index in [4.69, 9.17) is 20.3 Å². The van der Waals surface area contributed by atoms with Crippen LogP contribution in [0.1, 0.15) is 9.67 Å². The first kappa shape index (κ1) is 17.6. The lowest BCUT2D eigenvalue weighted by atomic mass is 10.4. The average Bonchev–Trinajstić information content (AvgIpc) is 2.84. The van der Waals surface area contributed by atoms with Gasteiger partial charge in [-0.1, -0.05) is 11.3 Å². The molecule has 1 aromatic heterocycles. The molecule has 0 aliphatic carbocycles. The highest BCUT2D eigenvalue weighted by Crippen LogP contribution is 2.26. The lowest BCUT2D eigenvalue weighted by Gasteiger charge is -2.20. The summed E-state index contributed by atoms with van der Waals surface area (Å²) in [5.74, 6) is -0.0684. The third-order valence-electron chi connectivity index (χ3n) is 2.65. The Morgan fingerprint density at radius 2 is 2.10 bits per heavy atom. The fraction of sp³-hybridized carbons (Fsp3) is 0.667. The van der Waals surface area contributed by atoms with Gasteiger partial charge in [0.15, 0.2) is 5.13 Å². The summed E-state index contributed by atoms with van der Waals surface area (Å²) in [6.45, 7) is 2.01. The summed E-state index contributed by atoms with van der Waals surface area (Å²) in [6, 6.07) is 0. The number of aliphatic hydroxyl groups is 1. The molecule has 0 bridgehead atoms. The Labute approximate surface area is 127 Å². The molecule has 0 saturated carbocycles. The average molecular weight is 318 g/mol. The van der Waals surface area contributed by atoms with E-state index in [1.54, 1.807) is 14.2 Å². The van der Waals surface area contributed by atoms with Crippen molar-refractivity contribution in [3.05, 3.63) is 4.88 Å². The molecule has 1 heterocycles. The molecular formula is C12H22N4O4S. The molecular weight excluding hydrogens is 296 g/mol. The summed E-state index contributed by atoms with van der Waals surface area (Å²) in [5.41, 5.74) is 5.80. The van der Waals surface area contributed by atoms with E-state index in [2.05, 4.69) is 10.3 Å². The highest BCUT2D eigenvalue weighted by atomic mass is 32.1. The summed E-state index contributed by atoms with van der Waals surface area (Å²) < 4.78 is 9.89. The molecule has 0 aliphatic heterocycles. The first-order valence-corrected chi connectivity index (χ1v) is 7.33. The summed E-state index contributed by atoms with van der Waals surface area (Å²) in [4.78, 5) is 18.4. The van der Waals surface area contributed by atoms with Crippen LogP contribution in [0.15, 0.2) is 0 Å². The number of aliphatic hydroxyl groups excluding tert-OH is 1. The number of hydrogen-bond acceptors (Lipinski definition) is 8. The second-order valence-corrected chi connectivity index (χ2v) is 5.16. The van der Waals surface area contributed by atoms with Gasteiger partial charge in [-0.3, -0.25) is 4.79 Å². The highest BCUT2D eigenvalue weighted by Gasteiger charge is 2.21. The number of nitrogen functional groups attached to an aromatic ring is 1. The monoisotopic (exact) mass is 318 g/mol. The largest absolute Gasteiger partial charge is 0.395 e. The Hall–Kier alpha value is -1.42. The standard InChI is InChI=1S/C12H22N4O4S/c1-19-7-3-14-12-15-10(13)9(21-12)11(18)16(4-6-17)5-8-20-2/h17H,3-8,13H2,1-2H3,(H,14,15). The normalized spacial score (nSPS) is 10.6. The van der Waals surface area contributed by atoms with E-state index in [1.165, 1.54) is 16.2 Å². The minimum atomic E-state index is -0.254. The van der Waals surface area contributed by atoms with Crippen molar-refractivity contribution in [3.63, 3.8) is 0 Å². The molecule has 0 spiro atoms. The number of ether oxygens (including phenoxy) is 2. The van der Waals surface area contributed by atoms with Crippen LogP contribution in [0.4, 0.5) is 10.9 Å². The number of nitrogens with two attached hydrogens (primary N) is 1. The molecule has 0 saturated heterocycles. The second kappa shape index (κ2) is 9.50. The van der Waals surface area contributed by atoms with Crippen LogP contribution in [0.2, 0.25) is 0 Å². The van der Waals surface area contributed by atoms with E-state index in [0.717, 1.165) is 0 Å². The molecule has 0 atom stereocenters. The first-order valence-electron chi connectivity index (χ1n) is 6.52. The number of nitrogens with zero attached hydrogens (tertiary/aromatic N) is 2. The number of amides is 1. The highest BCUT2D eigenvalue weighted by molar-refractivity contribution is 7.18. The van der Waals surface area contributed by atoms with Gasteiger partial charge in [-0.05, 0) is 0 Å². The number of anilines is 2. The van der Waals surface area contributed by atoms with Gasteiger partial charge in [-0.2, -0.15) is 0 Å². The van der Waals surface area contributed by atoms with E-state index < -0.39 is 0 Å².